The lowest BCUT2D eigenvalue weighted by molar-refractivity contribution is -0.125. The van der Waals surface area contributed by atoms with Crippen LogP contribution < -0.4 is 15.4 Å². The quantitative estimate of drug-likeness (QED) is 0.326. The molecule has 1 aromatic heterocycles. The molecule has 2 N–H and O–H groups in total. The van der Waals surface area contributed by atoms with Gasteiger partial charge in [0.25, 0.3) is 5.91 Å². The third-order valence-electron chi connectivity index (χ3n) is 5.66. The number of amides is 2. The highest BCUT2D eigenvalue weighted by molar-refractivity contribution is 7.99. The number of carbonyl (C=O) groups excluding carboxylic acids is 2. The fourth-order valence-corrected chi connectivity index (χ4v) is 4.90. The first kappa shape index (κ1) is 25.9. The highest BCUT2D eigenvalue weighted by Gasteiger charge is 2.36. The van der Waals surface area contributed by atoms with Gasteiger partial charge >= 0.3 is 0 Å². The van der Waals surface area contributed by atoms with Gasteiger partial charge in [-0.25, -0.2) is 14.4 Å². The molecule has 9 nitrogen and oxygen atoms in total. The van der Waals surface area contributed by atoms with Crippen molar-refractivity contribution >= 4 is 29.5 Å². The summed E-state index contributed by atoms with van der Waals surface area (Å²) in [6.07, 6.45) is 1.73. The van der Waals surface area contributed by atoms with Crippen molar-refractivity contribution in [2.24, 2.45) is 0 Å². The third-order valence-corrected chi connectivity index (χ3v) is 6.73. The summed E-state index contributed by atoms with van der Waals surface area (Å²) in [5.74, 6) is 0.0748. The molecule has 2 amide bonds. The fraction of sp³-hybridized carbons (Fsp3) is 0.269. The zero-order chi connectivity index (χ0) is 26.2. The lowest BCUT2D eigenvalue weighted by atomic mass is 10.1. The largest absolute Gasteiger partial charge is 0.497 e. The highest BCUT2D eigenvalue weighted by atomic mass is 32.2. The summed E-state index contributed by atoms with van der Waals surface area (Å²) in [7, 11) is 1.56. The smallest absolute Gasteiger partial charge is 0.259 e. The fourth-order valence-electron chi connectivity index (χ4n) is 3.80. The molecule has 1 aliphatic heterocycles. The van der Waals surface area contributed by atoms with Crippen molar-refractivity contribution < 1.29 is 18.7 Å². The van der Waals surface area contributed by atoms with E-state index in [0.29, 0.717) is 34.4 Å². The number of nitrogens with zero attached hydrogens (tertiary/aromatic N) is 4. The molecule has 0 bridgehead atoms. The van der Waals surface area contributed by atoms with Crippen LogP contribution >= 0.6 is 11.8 Å². The molecule has 11 heteroatoms. The van der Waals surface area contributed by atoms with Gasteiger partial charge in [0.1, 0.15) is 22.6 Å². The zero-order valence-corrected chi connectivity index (χ0v) is 20.9. The molecule has 0 radical (unpaired) electrons. The molecule has 2 heterocycles. The van der Waals surface area contributed by atoms with E-state index < -0.39 is 6.04 Å². The second-order valence-corrected chi connectivity index (χ2v) is 9.22. The Hall–Kier alpha value is -4.17. The van der Waals surface area contributed by atoms with Crippen molar-refractivity contribution in [3.63, 3.8) is 0 Å². The number of ether oxygens (including phenoxy) is 1. The number of hydrogen-bond acceptors (Lipinski definition) is 8. The minimum absolute atomic E-state index is 0.124. The first-order chi connectivity index (χ1) is 18.0. The Morgan fingerprint density at radius 1 is 1.27 bits per heavy atom. The molecule has 1 aliphatic rings. The Balaban J connectivity index is 1.60. The van der Waals surface area contributed by atoms with Gasteiger partial charge in [-0.2, -0.15) is 5.26 Å². The van der Waals surface area contributed by atoms with Crippen LogP contribution in [0.25, 0.3) is 0 Å². The Bertz CT molecular complexity index is 1330. The number of carbonyl (C=O) groups is 2. The summed E-state index contributed by atoms with van der Waals surface area (Å²) in [6, 6.07) is 14.5. The molecule has 0 aliphatic carbocycles. The van der Waals surface area contributed by atoms with E-state index in [1.807, 2.05) is 24.3 Å². The number of fused-ring (bicyclic) bond motifs is 1. The minimum atomic E-state index is -0.818. The first-order valence-corrected chi connectivity index (χ1v) is 12.5. The zero-order valence-electron chi connectivity index (χ0n) is 20.1. The van der Waals surface area contributed by atoms with Gasteiger partial charge in [0.2, 0.25) is 11.9 Å². The number of aromatic nitrogens is 2. The average molecular weight is 521 g/mol. The van der Waals surface area contributed by atoms with Gasteiger partial charge < -0.3 is 20.3 Å². The lowest BCUT2D eigenvalue weighted by Crippen LogP contribution is -2.49. The van der Waals surface area contributed by atoms with Crippen molar-refractivity contribution in [1.82, 2.24) is 20.2 Å². The first-order valence-electron chi connectivity index (χ1n) is 11.5. The predicted molar refractivity (Wildman–Crippen MR) is 136 cm³/mol. The lowest BCUT2D eigenvalue weighted by Gasteiger charge is -2.29. The number of nitriles is 1. The number of nitrogens with one attached hydrogen (secondary N) is 2. The summed E-state index contributed by atoms with van der Waals surface area (Å²) >= 11 is 1.29. The molecular formula is C26H25FN6O3S. The van der Waals surface area contributed by atoms with Crippen LogP contribution in [0.15, 0.2) is 59.8 Å². The van der Waals surface area contributed by atoms with Gasteiger partial charge in [-0.05, 0) is 35.4 Å². The minimum Gasteiger partial charge on any atom is -0.497 e. The molecule has 0 saturated heterocycles. The Morgan fingerprint density at radius 2 is 2.08 bits per heavy atom. The van der Waals surface area contributed by atoms with Crippen LogP contribution in [0.5, 0.6) is 5.75 Å². The second kappa shape index (κ2) is 12.2. The van der Waals surface area contributed by atoms with E-state index in [1.54, 1.807) is 25.3 Å². The maximum Gasteiger partial charge on any atom is 0.259 e. The molecular weight excluding hydrogens is 495 g/mol. The van der Waals surface area contributed by atoms with Crippen LogP contribution in [-0.4, -0.2) is 52.1 Å². The topological polar surface area (TPSA) is 120 Å². The predicted octanol–water partition coefficient (Wildman–Crippen LogP) is 3.38. The van der Waals surface area contributed by atoms with E-state index in [0.717, 1.165) is 5.56 Å². The summed E-state index contributed by atoms with van der Waals surface area (Å²) in [5.41, 5.74) is 1.70. The SMILES string of the molecule is COc1cccc(CN2C(=O)c3cnc(NCCC#N)nc3SCC2C(=O)NCc2cccc(F)c2)c1. The maximum absolute atomic E-state index is 13.7. The number of benzene rings is 2. The molecule has 1 unspecified atom stereocenters. The van der Waals surface area contributed by atoms with E-state index in [1.165, 1.54) is 35.0 Å². The number of hydrogen-bond donors (Lipinski definition) is 2. The number of rotatable bonds is 9. The van der Waals surface area contributed by atoms with Gasteiger partial charge in [0.15, 0.2) is 0 Å². The number of halogens is 1. The van der Waals surface area contributed by atoms with Crippen LogP contribution in [0, 0.1) is 17.1 Å². The van der Waals surface area contributed by atoms with Crippen LogP contribution in [0.4, 0.5) is 10.3 Å². The van der Waals surface area contributed by atoms with Gasteiger partial charge in [-0.1, -0.05) is 24.3 Å². The normalized spacial score (nSPS) is 14.8. The Labute approximate surface area is 218 Å². The highest BCUT2D eigenvalue weighted by Crippen LogP contribution is 2.30. The van der Waals surface area contributed by atoms with E-state index >= 15 is 0 Å². The van der Waals surface area contributed by atoms with E-state index in [9.17, 15) is 14.0 Å². The molecule has 3 aromatic rings. The molecule has 2 aromatic carbocycles. The second-order valence-electron chi connectivity index (χ2n) is 8.21. The molecule has 190 valence electrons. The Morgan fingerprint density at radius 3 is 2.86 bits per heavy atom. The standard InChI is InChI=1S/C26H25FN6O3S/c1-36-20-8-3-6-18(12-20)15-33-22(23(34)30-13-17-5-2-7-19(27)11-17)16-37-24-21(25(33)35)14-31-26(32-24)29-10-4-9-28/h2-3,5-8,11-12,14,22H,4,10,13,15-16H2,1H3,(H,30,34)(H,29,31,32). The van der Waals surface area contributed by atoms with Crippen LogP contribution in [0.1, 0.15) is 27.9 Å². The van der Waals surface area contributed by atoms with Crippen molar-refractivity contribution in [2.45, 2.75) is 30.6 Å². The van der Waals surface area contributed by atoms with Crippen molar-refractivity contribution in [1.29, 1.82) is 5.26 Å². The molecule has 0 saturated carbocycles. The summed E-state index contributed by atoms with van der Waals surface area (Å²) in [4.78, 5) is 37.2. The van der Waals surface area contributed by atoms with Gasteiger partial charge in [0, 0.05) is 31.6 Å². The van der Waals surface area contributed by atoms with Gasteiger partial charge in [0.05, 0.1) is 25.2 Å². The molecule has 4 rings (SSSR count). The van der Waals surface area contributed by atoms with Gasteiger partial charge in [-0.15, -0.1) is 11.8 Å². The maximum atomic E-state index is 13.7. The monoisotopic (exact) mass is 520 g/mol. The summed E-state index contributed by atoms with van der Waals surface area (Å²) < 4.78 is 18.9. The number of thioether (sulfide) groups is 1. The van der Waals surface area contributed by atoms with E-state index in [-0.39, 0.29) is 42.9 Å². The van der Waals surface area contributed by atoms with Crippen molar-refractivity contribution in [3.8, 4) is 11.8 Å². The number of anilines is 1. The van der Waals surface area contributed by atoms with Crippen LogP contribution in [0.2, 0.25) is 0 Å². The van der Waals surface area contributed by atoms with Crippen LogP contribution in [-0.2, 0) is 17.9 Å². The molecule has 0 spiro atoms. The van der Waals surface area contributed by atoms with Crippen LogP contribution in [0.3, 0.4) is 0 Å². The Kier molecular flexibility index (Phi) is 8.53. The molecule has 1 atom stereocenters. The molecule has 0 fully saturated rings. The van der Waals surface area contributed by atoms with Gasteiger partial charge in [-0.3, -0.25) is 9.59 Å². The van der Waals surface area contributed by atoms with E-state index in [2.05, 4.69) is 20.6 Å². The van der Waals surface area contributed by atoms with Crippen molar-refractivity contribution in [2.75, 3.05) is 24.7 Å². The third kappa shape index (κ3) is 6.54. The van der Waals surface area contributed by atoms with E-state index in [4.69, 9.17) is 10.00 Å². The van der Waals surface area contributed by atoms with Crippen molar-refractivity contribution in [3.05, 3.63) is 77.2 Å². The summed E-state index contributed by atoms with van der Waals surface area (Å²) in [5, 5.41) is 15.0. The number of methoxy groups -OCH3 is 1. The average Bonchev–Trinajstić information content (AvgIpc) is 3.04. The molecule has 37 heavy (non-hydrogen) atoms. The summed E-state index contributed by atoms with van der Waals surface area (Å²) in [6.45, 7) is 0.663.